The molecule has 4 aromatic rings. The first-order valence-corrected chi connectivity index (χ1v) is 12.9. The van der Waals surface area contributed by atoms with Gasteiger partial charge in [0.2, 0.25) is 11.0 Å². The summed E-state index contributed by atoms with van der Waals surface area (Å²) in [6.07, 6.45) is -0.394. The Morgan fingerprint density at radius 2 is 1.66 bits per heavy atom. The Morgan fingerprint density at radius 3 is 2.40 bits per heavy atom. The highest BCUT2D eigenvalue weighted by Gasteiger charge is 2.26. The van der Waals surface area contributed by atoms with Crippen LogP contribution in [0, 0.1) is 6.92 Å². The minimum Gasteiger partial charge on any atom is -0.448 e. The number of nitrogens with zero attached hydrogens (tertiary/aromatic N) is 4. The molecule has 0 amide bonds. The average Bonchev–Trinajstić information content (AvgIpc) is 3.06. The van der Waals surface area contributed by atoms with E-state index in [1.54, 1.807) is 11.8 Å². The van der Waals surface area contributed by atoms with Gasteiger partial charge in [-0.05, 0) is 44.5 Å². The number of hydrogen-bond donors (Lipinski definition) is 1. The first kappa shape index (κ1) is 23.2. The zero-order valence-electron chi connectivity index (χ0n) is 20.2. The van der Waals surface area contributed by atoms with Crippen molar-refractivity contribution in [1.29, 1.82) is 0 Å². The molecule has 0 fully saturated rings. The molecule has 5 rings (SSSR count). The van der Waals surface area contributed by atoms with Crippen LogP contribution in [-0.2, 0) is 5.75 Å². The Balaban J connectivity index is 1.44. The van der Waals surface area contributed by atoms with Gasteiger partial charge in [0.15, 0.2) is 11.9 Å². The first-order chi connectivity index (χ1) is 17.1. The third-order valence-electron chi connectivity index (χ3n) is 6.15. The second kappa shape index (κ2) is 10.4. The lowest BCUT2D eigenvalue weighted by Crippen LogP contribution is -2.22. The predicted octanol–water partition coefficient (Wildman–Crippen LogP) is 6.49. The minimum absolute atomic E-state index is 0.394. The van der Waals surface area contributed by atoms with Gasteiger partial charge in [-0.25, -0.2) is 0 Å². The molecule has 178 valence electrons. The van der Waals surface area contributed by atoms with Crippen molar-refractivity contribution in [2.24, 2.45) is 0 Å². The largest absolute Gasteiger partial charge is 0.448 e. The SMILES string of the molecule is CCN(CC)c1ccc(C2Nc3ccccc3-c3nnc(SCc4ccc(C)cc4)nc3O2)cc1. The van der Waals surface area contributed by atoms with Gasteiger partial charge < -0.3 is 15.0 Å². The fourth-order valence-electron chi connectivity index (χ4n) is 4.14. The molecule has 0 spiro atoms. The van der Waals surface area contributed by atoms with Crippen molar-refractivity contribution in [2.45, 2.75) is 37.9 Å². The molecule has 0 aliphatic carbocycles. The zero-order valence-corrected chi connectivity index (χ0v) is 21.0. The zero-order chi connectivity index (χ0) is 24.2. The van der Waals surface area contributed by atoms with Crippen LogP contribution in [-0.4, -0.2) is 28.3 Å². The summed E-state index contributed by atoms with van der Waals surface area (Å²) in [5.74, 6) is 1.26. The number of para-hydroxylation sites is 1. The van der Waals surface area contributed by atoms with Crippen molar-refractivity contribution in [3.05, 3.63) is 89.5 Å². The summed E-state index contributed by atoms with van der Waals surface area (Å²) in [4.78, 5) is 7.10. The summed E-state index contributed by atoms with van der Waals surface area (Å²) < 4.78 is 6.44. The van der Waals surface area contributed by atoms with Crippen molar-refractivity contribution in [3.8, 4) is 17.1 Å². The molecule has 1 aromatic heterocycles. The van der Waals surface area contributed by atoms with Crippen molar-refractivity contribution in [2.75, 3.05) is 23.3 Å². The number of aryl methyl sites for hydroxylation is 1. The Bertz CT molecular complexity index is 1290. The molecule has 2 heterocycles. The number of benzene rings is 3. The third kappa shape index (κ3) is 5.10. The van der Waals surface area contributed by atoms with Gasteiger partial charge >= 0.3 is 0 Å². The van der Waals surface area contributed by atoms with E-state index in [1.807, 2.05) is 24.3 Å². The number of ether oxygens (including phenoxy) is 1. The van der Waals surface area contributed by atoms with Crippen molar-refractivity contribution >= 4 is 23.1 Å². The van der Waals surface area contributed by atoms with Crippen LogP contribution >= 0.6 is 11.8 Å². The molecule has 0 saturated heterocycles. The number of thioether (sulfide) groups is 1. The van der Waals surface area contributed by atoms with Crippen LogP contribution < -0.4 is 15.0 Å². The Hall–Kier alpha value is -3.58. The highest BCUT2D eigenvalue weighted by molar-refractivity contribution is 7.98. The quantitative estimate of drug-likeness (QED) is 0.302. The third-order valence-corrected chi connectivity index (χ3v) is 7.06. The smallest absolute Gasteiger partial charge is 0.247 e. The van der Waals surface area contributed by atoms with E-state index in [0.29, 0.717) is 16.7 Å². The number of nitrogens with one attached hydrogen (secondary N) is 1. The van der Waals surface area contributed by atoms with Gasteiger partial charge in [0.25, 0.3) is 0 Å². The summed E-state index contributed by atoms with van der Waals surface area (Å²) in [5, 5.41) is 13.1. The first-order valence-electron chi connectivity index (χ1n) is 11.9. The van der Waals surface area contributed by atoms with E-state index in [9.17, 15) is 0 Å². The highest BCUT2D eigenvalue weighted by Crippen LogP contribution is 2.39. The molecule has 0 radical (unpaired) electrons. The maximum absolute atomic E-state index is 6.44. The molecule has 1 unspecified atom stereocenters. The Labute approximate surface area is 210 Å². The molecule has 3 aromatic carbocycles. The van der Waals surface area contributed by atoms with E-state index < -0.39 is 6.23 Å². The second-order valence-corrected chi connectivity index (χ2v) is 9.42. The lowest BCUT2D eigenvalue weighted by Gasteiger charge is -2.23. The molecule has 1 aliphatic rings. The minimum atomic E-state index is -0.394. The van der Waals surface area contributed by atoms with Gasteiger partial charge in [0.05, 0.1) is 0 Å². The average molecular weight is 484 g/mol. The van der Waals surface area contributed by atoms with Crippen molar-refractivity contribution < 1.29 is 4.74 Å². The van der Waals surface area contributed by atoms with E-state index in [4.69, 9.17) is 9.72 Å². The van der Waals surface area contributed by atoms with E-state index in [0.717, 1.165) is 35.7 Å². The standard InChI is InChI=1S/C28H29N5OS/c1-4-33(5-2)22-16-14-21(15-17-22)26-29-24-9-7-6-8-23(24)25-27(34-26)30-28(32-31-25)35-18-20-12-10-19(3)11-13-20/h6-17,26,29H,4-5,18H2,1-3H3. The normalized spacial score (nSPS) is 14.2. The fraction of sp³-hybridized carbons (Fsp3) is 0.250. The monoisotopic (exact) mass is 483 g/mol. The van der Waals surface area contributed by atoms with E-state index in [2.05, 4.69) is 89.7 Å². The van der Waals surface area contributed by atoms with Crippen LogP contribution in [0.1, 0.15) is 36.8 Å². The van der Waals surface area contributed by atoms with E-state index in [-0.39, 0.29) is 0 Å². The lowest BCUT2D eigenvalue weighted by molar-refractivity contribution is 0.225. The van der Waals surface area contributed by atoms with Gasteiger partial charge in [-0.3, -0.25) is 0 Å². The van der Waals surface area contributed by atoms with Crippen LogP contribution in [0.4, 0.5) is 11.4 Å². The van der Waals surface area contributed by atoms with Crippen LogP contribution in [0.2, 0.25) is 0 Å². The predicted molar refractivity (Wildman–Crippen MR) is 143 cm³/mol. The Morgan fingerprint density at radius 1 is 0.914 bits per heavy atom. The summed E-state index contributed by atoms with van der Waals surface area (Å²) in [6, 6.07) is 25.1. The van der Waals surface area contributed by atoms with E-state index >= 15 is 0 Å². The van der Waals surface area contributed by atoms with Gasteiger partial charge in [-0.15, -0.1) is 10.2 Å². The maximum Gasteiger partial charge on any atom is 0.247 e. The molecular weight excluding hydrogens is 454 g/mol. The fourth-order valence-corrected chi connectivity index (χ4v) is 4.87. The van der Waals surface area contributed by atoms with Crippen molar-refractivity contribution in [1.82, 2.24) is 15.2 Å². The molecule has 1 aliphatic heterocycles. The maximum atomic E-state index is 6.44. The van der Waals surface area contributed by atoms with Crippen LogP contribution in [0.15, 0.2) is 78.0 Å². The number of rotatable bonds is 7. The summed E-state index contributed by atoms with van der Waals surface area (Å²) in [5.41, 5.74) is 7.22. The summed E-state index contributed by atoms with van der Waals surface area (Å²) in [7, 11) is 0. The lowest BCUT2D eigenvalue weighted by atomic mass is 10.1. The molecule has 1 N–H and O–H groups in total. The number of hydrogen-bond acceptors (Lipinski definition) is 7. The number of fused-ring (bicyclic) bond motifs is 3. The molecule has 6 nitrogen and oxygen atoms in total. The summed E-state index contributed by atoms with van der Waals surface area (Å²) >= 11 is 1.56. The van der Waals surface area contributed by atoms with Crippen LogP contribution in [0.25, 0.3) is 11.3 Å². The number of aromatic nitrogens is 3. The molecular formula is C28H29N5OS. The van der Waals surface area contributed by atoms with Gasteiger partial charge in [-0.2, -0.15) is 4.98 Å². The van der Waals surface area contributed by atoms with Crippen LogP contribution in [0.3, 0.4) is 0 Å². The van der Waals surface area contributed by atoms with Gasteiger partial charge in [0.1, 0.15) is 0 Å². The molecule has 0 bridgehead atoms. The topological polar surface area (TPSA) is 63.2 Å². The molecule has 35 heavy (non-hydrogen) atoms. The Kier molecular flexibility index (Phi) is 6.86. The molecule has 0 saturated carbocycles. The van der Waals surface area contributed by atoms with Crippen LogP contribution in [0.5, 0.6) is 5.88 Å². The highest BCUT2D eigenvalue weighted by atomic mass is 32.2. The van der Waals surface area contributed by atoms with Gasteiger partial charge in [0, 0.05) is 41.3 Å². The summed E-state index contributed by atoms with van der Waals surface area (Å²) in [6.45, 7) is 8.37. The van der Waals surface area contributed by atoms with E-state index in [1.165, 1.54) is 16.8 Å². The molecule has 7 heteroatoms. The van der Waals surface area contributed by atoms with Gasteiger partial charge in [-0.1, -0.05) is 71.9 Å². The second-order valence-electron chi connectivity index (χ2n) is 8.47. The number of anilines is 2. The molecule has 1 atom stereocenters. The van der Waals surface area contributed by atoms with Crippen molar-refractivity contribution in [3.63, 3.8) is 0 Å².